The Balaban J connectivity index is 1.40. The van der Waals surface area contributed by atoms with Gasteiger partial charge in [-0.05, 0) is 71.8 Å². The zero-order valence-corrected chi connectivity index (χ0v) is 18.1. The maximum absolute atomic E-state index is 11.9. The molecule has 3 aromatic rings. The van der Waals surface area contributed by atoms with E-state index in [9.17, 15) is 9.59 Å². The van der Waals surface area contributed by atoms with Gasteiger partial charge in [0.15, 0.2) is 6.61 Å². The molecule has 0 spiro atoms. The number of hydrazone groups is 1. The summed E-state index contributed by atoms with van der Waals surface area (Å²) in [5.41, 5.74) is 4.44. The van der Waals surface area contributed by atoms with E-state index in [0.29, 0.717) is 16.4 Å². The maximum Gasteiger partial charge on any atom is 0.353 e. The fourth-order valence-electron chi connectivity index (χ4n) is 2.67. The molecule has 0 unspecified atom stereocenters. The van der Waals surface area contributed by atoms with E-state index >= 15 is 0 Å². The number of nitrogens with zero attached hydrogens (tertiary/aromatic N) is 1. The first-order chi connectivity index (χ1) is 15.1. The minimum absolute atomic E-state index is 0.122. The molecule has 7 heteroatoms. The Labute approximate surface area is 185 Å². The van der Waals surface area contributed by atoms with Crippen LogP contribution in [0.2, 0.25) is 0 Å². The topological polar surface area (TPSA) is 77.0 Å². The van der Waals surface area contributed by atoms with Gasteiger partial charge >= 0.3 is 5.97 Å². The summed E-state index contributed by atoms with van der Waals surface area (Å²) in [6.07, 6.45) is 4.87. The van der Waals surface area contributed by atoms with E-state index in [1.807, 2.05) is 29.6 Å². The van der Waals surface area contributed by atoms with Crippen molar-refractivity contribution in [2.75, 3.05) is 6.61 Å². The molecule has 0 saturated heterocycles. The molecule has 31 heavy (non-hydrogen) atoms. The lowest BCUT2D eigenvalue weighted by Crippen LogP contribution is -2.24. The summed E-state index contributed by atoms with van der Waals surface area (Å²) in [4.78, 5) is 24.4. The van der Waals surface area contributed by atoms with Crippen LogP contribution in [0.3, 0.4) is 0 Å². The molecule has 160 valence electrons. The van der Waals surface area contributed by atoms with Gasteiger partial charge in [0.1, 0.15) is 16.4 Å². The van der Waals surface area contributed by atoms with Gasteiger partial charge in [0, 0.05) is 0 Å². The highest BCUT2D eigenvalue weighted by Crippen LogP contribution is 2.16. The van der Waals surface area contributed by atoms with Crippen LogP contribution < -0.4 is 14.9 Å². The molecule has 1 amide bonds. The Morgan fingerprint density at radius 1 is 1.03 bits per heavy atom. The zero-order valence-electron chi connectivity index (χ0n) is 17.2. The Kier molecular flexibility index (Phi) is 8.37. The second kappa shape index (κ2) is 11.7. The van der Waals surface area contributed by atoms with Crippen molar-refractivity contribution < 1.29 is 19.1 Å². The SMILES string of the molecule is CCCCc1ccc(OCC(=O)N/N=C/c2ccc(OC(=O)c3cccs3)cc2)cc1. The maximum atomic E-state index is 11.9. The highest BCUT2D eigenvalue weighted by atomic mass is 32.1. The van der Waals surface area contributed by atoms with Crippen LogP contribution in [0.4, 0.5) is 0 Å². The fourth-order valence-corrected chi connectivity index (χ4v) is 3.27. The number of benzene rings is 2. The van der Waals surface area contributed by atoms with Crippen molar-refractivity contribution in [3.63, 3.8) is 0 Å². The largest absolute Gasteiger partial charge is 0.484 e. The summed E-state index contributed by atoms with van der Waals surface area (Å²) in [6, 6.07) is 18.1. The van der Waals surface area contributed by atoms with E-state index in [1.165, 1.54) is 23.1 Å². The molecule has 1 heterocycles. The van der Waals surface area contributed by atoms with Crippen molar-refractivity contribution in [1.29, 1.82) is 0 Å². The van der Waals surface area contributed by atoms with Gasteiger partial charge in [-0.25, -0.2) is 10.2 Å². The molecule has 3 rings (SSSR count). The lowest BCUT2D eigenvalue weighted by atomic mass is 10.1. The number of nitrogens with one attached hydrogen (secondary N) is 1. The molecule has 1 N–H and O–H groups in total. The number of rotatable bonds is 10. The number of unbranched alkanes of at least 4 members (excludes halogenated alkanes) is 1. The molecule has 0 aliphatic rings. The minimum Gasteiger partial charge on any atom is -0.484 e. The normalized spacial score (nSPS) is 10.7. The second-order valence-corrected chi connectivity index (χ2v) is 7.71. The summed E-state index contributed by atoms with van der Waals surface area (Å²) in [5, 5.41) is 5.74. The van der Waals surface area contributed by atoms with Crippen molar-refractivity contribution in [1.82, 2.24) is 5.43 Å². The van der Waals surface area contributed by atoms with Crippen molar-refractivity contribution in [2.24, 2.45) is 5.10 Å². The number of esters is 1. The van der Waals surface area contributed by atoms with Crippen LogP contribution in [-0.4, -0.2) is 24.7 Å². The third kappa shape index (κ3) is 7.38. The molecule has 0 atom stereocenters. The molecule has 0 fully saturated rings. The smallest absolute Gasteiger partial charge is 0.353 e. The number of thiophene rings is 1. The van der Waals surface area contributed by atoms with Crippen LogP contribution in [0.5, 0.6) is 11.5 Å². The van der Waals surface area contributed by atoms with Crippen LogP contribution in [-0.2, 0) is 11.2 Å². The van der Waals surface area contributed by atoms with Gasteiger partial charge in [0.25, 0.3) is 5.91 Å². The number of carbonyl (C=O) groups excluding carboxylic acids is 2. The summed E-state index contributed by atoms with van der Waals surface area (Å²) in [6.45, 7) is 2.04. The molecule has 0 aliphatic heterocycles. The molecule has 2 aromatic carbocycles. The number of hydrogen-bond donors (Lipinski definition) is 1. The van der Waals surface area contributed by atoms with E-state index in [4.69, 9.17) is 9.47 Å². The third-order valence-electron chi connectivity index (χ3n) is 4.33. The van der Waals surface area contributed by atoms with E-state index in [2.05, 4.69) is 17.5 Å². The van der Waals surface area contributed by atoms with Crippen LogP contribution in [0.25, 0.3) is 0 Å². The van der Waals surface area contributed by atoms with Gasteiger partial charge in [-0.3, -0.25) is 4.79 Å². The van der Waals surface area contributed by atoms with Crippen molar-refractivity contribution in [3.8, 4) is 11.5 Å². The molecule has 0 saturated carbocycles. The number of aryl methyl sites for hydroxylation is 1. The summed E-state index contributed by atoms with van der Waals surface area (Å²) >= 11 is 1.33. The number of amides is 1. The molecule has 0 bridgehead atoms. The Bertz CT molecular complexity index is 997. The van der Waals surface area contributed by atoms with Gasteiger partial charge < -0.3 is 9.47 Å². The monoisotopic (exact) mass is 436 g/mol. The van der Waals surface area contributed by atoms with Gasteiger partial charge in [0.2, 0.25) is 0 Å². The average Bonchev–Trinajstić information content (AvgIpc) is 3.33. The Morgan fingerprint density at radius 2 is 1.77 bits per heavy atom. The van der Waals surface area contributed by atoms with Gasteiger partial charge in [-0.2, -0.15) is 5.10 Å². The van der Waals surface area contributed by atoms with E-state index < -0.39 is 0 Å². The van der Waals surface area contributed by atoms with Crippen LogP contribution in [0.15, 0.2) is 71.1 Å². The van der Waals surface area contributed by atoms with Gasteiger partial charge in [0.05, 0.1) is 6.21 Å². The van der Waals surface area contributed by atoms with Gasteiger partial charge in [-0.1, -0.05) is 31.5 Å². The number of carbonyl (C=O) groups is 2. The first-order valence-corrected chi connectivity index (χ1v) is 10.9. The van der Waals surface area contributed by atoms with Crippen LogP contribution in [0.1, 0.15) is 40.6 Å². The van der Waals surface area contributed by atoms with E-state index in [-0.39, 0.29) is 18.5 Å². The van der Waals surface area contributed by atoms with E-state index in [1.54, 1.807) is 36.4 Å². The van der Waals surface area contributed by atoms with Crippen molar-refractivity contribution in [2.45, 2.75) is 26.2 Å². The molecular weight excluding hydrogens is 412 g/mol. The number of hydrogen-bond acceptors (Lipinski definition) is 6. The number of ether oxygens (including phenoxy) is 2. The molecule has 6 nitrogen and oxygen atoms in total. The summed E-state index contributed by atoms with van der Waals surface area (Å²) in [5.74, 6) is 0.341. The Hall–Kier alpha value is -3.45. The summed E-state index contributed by atoms with van der Waals surface area (Å²) in [7, 11) is 0. The third-order valence-corrected chi connectivity index (χ3v) is 5.18. The highest BCUT2D eigenvalue weighted by Gasteiger charge is 2.09. The lowest BCUT2D eigenvalue weighted by Gasteiger charge is -2.06. The minimum atomic E-state index is -0.390. The zero-order chi connectivity index (χ0) is 21.9. The highest BCUT2D eigenvalue weighted by molar-refractivity contribution is 7.12. The lowest BCUT2D eigenvalue weighted by molar-refractivity contribution is -0.123. The average molecular weight is 437 g/mol. The molecular formula is C24H24N2O4S. The van der Waals surface area contributed by atoms with Crippen LogP contribution >= 0.6 is 11.3 Å². The molecule has 0 radical (unpaired) electrons. The standard InChI is InChI=1S/C24H24N2O4S/c1-2-3-5-18-7-11-20(12-8-18)29-17-23(27)26-25-16-19-9-13-21(14-10-19)30-24(28)22-6-4-15-31-22/h4,6-16H,2-3,5,17H2,1H3,(H,26,27)/b25-16+. The van der Waals surface area contributed by atoms with Crippen molar-refractivity contribution >= 4 is 29.4 Å². The molecule has 1 aromatic heterocycles. The Morgan fingerprint density at radius 3 is 2.45 bits per heavy atom. The molecule has 0 aliphatic carbocycles. The fraction of sp³-hybridized carbons (Fsp3) is 0.208. The second-order valence-electron chi connectivity index (χ2n) is 6.77. The summed E-state index contributed by atoms with van der Waals surface area (Å²) < 4.78 is 10.8. The predicted octanol–water partition coefficient (Wildman–Crippen LogP) is 4.84. The van der Waals surface area contributed by atoms with Crippen LogP contribution in [0, 0.1) is 0 Å². The van der Waals surface area contributed by atoms with E-state index in [0.717, 1.165) is 24.8 Å². The van der Waals surface area contributed by atoms with Gasteiger partial charge in [-0.15, -0.1) is 11.3 Å². The quantitative estimate of drug-likeness (QED) is 0.214. The predicted molar refractivity (Wildman–Crippen MR) is 122 cm³/mol. The first-order valence-electron chi connectivity index (χ1n) is 10.0. The van der Waals surface area contributed by atoms with Crippen molar-refractivity contribution in [3.05, 3.63) is 82.0 Å². The first kappa shape index (κ1) is 22.2.